The lowest BCUT2D eigenvalue weighted by molar-refractivity contribution is -0.138. The Balaban J connectivity index is 1.66. The van der Waals surface area contributed by atoms with Gasteiger partial charge in [-0.1, -0.05) is 36.4 Å². The van der Waals surface area contributed by atoms with E-state index in [0.717, 1.165) is 39.8 Å². The molecule has 3 aromatic rings. The summed E-state index contributed by atoms with van der Waals surface area (Å²) in [5.41, 5.74) is 2.15. The molecule has 6 heteroatoms. The van der Waals surface area contributed by atoms with Crippen LogP contribution in [0.2, 0.25) is 0 Å². The summed E-state index contributed by atoms with van der Waals surface area (Å²) >= 11 is 0. The summed E-state index contributed by atoms with van der Waals surface area (Å²) in [5.74, 6) is -0.413. The number of halogens is 3. The van der Waals surface area contributed by atoms with E-state index in [1.165, 1.54) is 11.8 Å². The lowest BCUT2D eigenvalue weighted by Gasteiger charge is -2.10. The number of nitrogens with zero attached hydrogens (tertiary/aromatic N) is 1. The van der Waals surface area contributed by atoms with Crippen molar-refractivity contribution in [2.24, 2.45) is 0 Å². The van der Waals surface area contributed by atoms with Gasteiger partial charge >= 0.3 is 6.18 Å². The van der Waals surface area contributed by atoms with Crippen LogP contribution in [0.3, 0.4) is 0 Å². The molecule has 0 amide bonds. The Hall–Kier alpha value is -3.15. The molecule has 27 heavy (non-hydrogen) atoms. The van der Waals surface area contributed by atoms with Crippen LogP contribution < -0.4 is 5.56 Å². The Bertz CT molecular complexity index is 1110. The fourth-order valence-corrected chi connectivity index (χ4v) is 3.42. The van der Waals surface area contributed by atoms with Crippen molar-refractivity contribution in [3.8, 4) is 11.1 Å². The summed E-state index contributed by atoms with van der Waals surface area (Å²) in [6.07, 6.45) is -2.77. The largest absolute Gasteiger partial charge is 0.421 e. The van der Waals surface area contributed by atoms with Crippen LogP contribution in [0.1, 0.15) is 27.0 Å². The molecule has 136 valence electrons. The average Bonchev–Trinajstić information content (AvgIpc) is 3.00. The fraction of sp³-hybridized carbons (Fsp3) is 0.143. The molecular formula is C21H14F3NO2. The molecule has 0 saturated heterocycles. The smallest absolute Gasteiger partial charge is 0.307 e. The summed E-state index contributed by atoms with van der Waals surface area (Å²) in [6, 6.07) is 15.0. The van der Waals surface area contributed by atoms with Gasteiger partial charge in [0.05, 0.1) is 6.54 Å². The van der Waals surface area contributed by atoms with E-state index in [1.807, 2.05) is 30.3 Å². The van der Waals surface area contributed by atoms with Crippen molar-refractivity contribution < 1.29 is 18.0 Å². The minimum absolute atomic E-state index is 0.370. The number of hydrogen-bond acceptors (Lipinski definition) is 2. The first-order chi connectivity index (χ1) is 12.8. The Kier molecular flexibility index (Phi) is 3.98. The van der Waals surface area contributed by atoms with E-state index in [9.17, 15) is 22.8 Å². The van der Waals surface area contributed by atoms with Crippen LogP contribution >= 0.6 is 0 Å². The number of fused-ring (bicyclic) bond motifs is 3. The quantitative estimate of drug-likeness (QED) is 0.505. The molecule has 0 atom stereocenters. The predicted octanol–water partition coefficient (Wildman–Crippen LogP) is 4.32. The molecule has 0 N–H and O–H groups in total. The van der Waals surface area contributed by atoms with Gasteiger partial charge in [-0.3, -0.25) is 9.59 Å². The topological polar surface area (TPSA) is 39.1 Å². The maximum Gasteiger partial charge on any atom is 0.421 e. The number of pyridine rings is 1. The Morgan fingerprint density at radius 2 is 1.70 bits per heavy atom. The highest BCUT2D eigenvalue weighted by atomic mass is 19.4. The van der Waals surface area contributed by atoms with Gasteiger partial charge in [0.25, 0.3) is 5.56 Å². The number of aromatic nitrogens is 1. The second-order valence-electron chi connectivity index (χ2n) is 6.48. The predicted molar refractivity (Wildman–Crippen MR) is 94.7 cm³/mol. The number of carbonyl (C=O) groups is 1. The summed E-state index contributed by atoms with van der Waals surface area (Å²) in [6.45, 7) is -0.441. The third-order valence-electron chi connectivity index (χ3n) is 4.76. The second kappa shape index (κ2) is 6.23. The number of carbonyl (C=O) groups excluding carboxylic acids is 1. The van der Waals surface area contributed by atoms with Crippen molar-refractivity contribution in [1.29, 1.82) is 0 Å². The summed E-state index contributed by atoms with van der Waals surface area (Å²) in [7, 11) is 0. The van der Waals surface area contributed by atoms with Crippen molar-refractivity contribution in [2.75, 3.05) is 0 Å². The lowest BCUT2D eigenvalue weighted by Crippen LogP contribution is -2.30. The van der Waals surface area contributed by atoms with Gasteiger partial charge in [-0.05, 0) is 46.9 Å². The maximum absolute atomic E-state index is 12.9. The Morgan fingerprint density at radius 1 is 0.963 bits per heavy atom. The molecule has 1 heterocycles. The van der Waals surface area contributed by atoms with Crippen LogP contribution in [-0.4, -0.2) is 10.4 Å². The summed E-state index contributed by atoms with van der Waals surface area (Å²) in [5, 5.41) is 0. The van der Waals surface area contributed by atoms with Crippen molar-refractivity contribution in [3.63, 3.8) is 0 Å². The van der Waals surface area contributed by atoms with E-state index in [2.05, 4.69) is 0 Å². The highest BCUT2D eigenvalue weighted by Crippen LogP contribution is 2.36. The van der Waals surface area contributed by atoms with Gasteiger partial charge in [0, 0.05) is 11.8 Å². The summed E-state index contributed by atoms with van der Waals surface area (Å²) in [4.78, 5) is 24.6. The molecule has 2 aromatic carbocycles. The number of alkyl halides is 3. The molecule has 0 saturated carbocycles. The number of ketones is 1. The van der Waals surface area contributed by atoms with Gasteiger partial charge in [0.1, 0.15) is 5.56 Å². The zero-order valence-electron chi connectivity index (χ0n) is 14.1. The number of benzene rings is 2. The fourth-order valence-electron chi connectivity index (χ4n) is 3.42. The van der Waals surface area contributed by atoms with Crippen molar-refractivity contribution in [1.82, 2.24) is 4.57 Å². The van der Waals surface area contributed by atoms with Crippen molar-refractivity contribution >= 4 is 5.78 Å². The van der Waals surface area contributed by atoms with E-state index >= 15 is 0 Å². The van der Waals surface area contributed by atoms with Gasteiger partial charge < -0.3 is 4.57 Å². The highest BCUT2D eigenvalue weighted by molar-refractivity contribution is 5.98. The van der Waals surface area contributed by atoms with E-state index in [0.29, 0.717) is 5.56 Å². The normalized spacial score (nSPS) is 12.6. The number of rotatable bonds is 3. The molecule has 1 aliphatic carbocycles. The average molecular weight is 369 g/mol. The molecule has 0 spiro atoms. The van der Waals surface area contributed by atoms with E-state index in [1.54, 1.807) is 12.1 Å². The molecule has 0 bridgehead atoms. The second-order valence-corrected chi connectivity index (χ2v) is 6.48. The zero-order chi connectivity index (χ0) is 19.2. The molecule has 0 fully saturated rings. The van der Waals surface area contributed by atoms with Crippen LogP contribution in [-0.2, 0) is 19.1 Å². The van der Waals surface area contributed by atoms with E-state index < -0.39 is 29.6 Å². The SMILES string of the molecule is O=C(Cn1cccc(C(F)(F)F)c1=O)c1ccc2c(c1)-c1ccccc1C2. The van der Waals surface area contributed by atoms with Crippen LogP contribution in [0.15, 0.2) is 65.6 Å². The molecule has 4 rings (SSSR count). The van der Waals surface area contributed by atoms with Crippen LogP contribution in [0.25, 0.3) is 11.1 Å². The molecule has 1 aromatic heterocycles. The Morgan fingerprint density at radius 3 is 2.48 bits per heavy atom. The highest BCUT2D eigenvalue weighted by Gasteiger charge is 2.34. The zero-order valence-corrected chi connectivity index (χ0v) is 14.1. The first-order valence-corrected chi connectivity index (χ1v) is 8.35. The van der Waals surface area contributed by atoms with Crippen molar-refractivity contribution in [2.45, 2.75) is 19.1 Å². The lowest BCUT2D eigenvalue weighted by atomic mass is 10.0. The van der Waals surface area contributed by atoms with Gasteiger partial charge in [0.2, 0.25) is 0 Å². The number of Topliss-reactive ketones (excluding diaryl/α,β-unsaturated/α-hetero) is 1. The van der Waals surface area contributed by atoms with E-state index in [-0.39, 0.29) is 0 Å². The third-order valence-corrected chi connectivity index (χ3v) is 4.76. The molecule has 0 unspecified atom stereocenters. The first kappa shape index (κ1) is 17.3. The monoisotopic (exact) mass is 369 g/mol. The first-order valence-electron chi connectivity index (χ1n) is 8.35. The molecule has 0 radical (unpaired) electrons. The van der Waals surface area contributed by atoms with Crippen LogP contribution in [0.4, 0.5) is 13.2 Å². The Labute approximate surface area is 152 Å². The summed E-state index contributed by atoms with van der Waals surface area (Å²) < 4.78 is 39.4. The number of hydrogen-bond donors (Lipinski definition) is 0. The van der Waals surface area contributed by atoms with Crippen molar-refractivity contribution in [3.05, 3.63) is 93.4 Å². The minimum atomic E-state index is -4.75. The van der Waals surface area contributed by atoms with Gasteiger partial charge in [-0.15, -0.1) is 0 Å². The van der Waals surface area contributed by atoms with Gasteiger partial charge in [-0.2, -0.15) is 13.2 Å². The standard InChI is InChI=1S/C21H14F3NO2/c22-21(23,24)18-6-3-9-25(20(18)27)12-19(26)15-8-7-14-10-13-4-1-2-5-16(13)17(14)11-15/h1-9,11H,10,12H2. The molecule has 3 nitrogen and oxygen atoms in total. The molecule has 0 aliphatic heterocycles. The molecular weight excluding hydrogens is 355 g/mol. The van der Waals surface area contributed by atoms with Crippen LogP contribution in [0.5, 0.6) is 0 Å². The minimum Gasteiger partial charge on any atom is -0.307 e. The molecule has 1 aliphatic rings. The van der Waals surface area contributed by atoms with Crippen LogP contribution in [0, 0.1) is 0 Å². The van der Waals surface area contributed by atoms with Gasteiger partial charge in [0.15, 0.2) is 5.78 Å². The maximum atomic E-state index is 12.9. The van der Waals surface area contributed by atoms with Gasteiger partial charge in [-0.25, -0.2) is 0 Å². The van der Waals surface area contributed by atoms with E-state index in [4.69, 9.17) is 0 Å². The third kappa shape index (κ3) is 3.07.